The Morgan fingerprint density at radius 3 is 3.09 bits per heavy atom. The number of thiol groups is 1. The van der Waals surface area contributed by atoms with Crippen molar-refractivity contribution in [3.63, 3.8) is 0 Å². The molecule has 1 rings (SSSR count). The fourth-order valence-electron chi connectivity index (χ4n) is 0.655. The molecule has 0 fully saturated rings. The number of nitrogen functional groups attached to an aromatic ring is 1. The van der Waals surface area contributed by atoms with Crippen molar-refractivity contribution in [2.75, 3.05) is 11.5 Å². The first-order valence-corrected chi connectivity index (χ1v) is 3.77. The minimum Gasteiger partial charge on any atom is -0.396 e. The molecule has 2 N–H and O–H groups in total. The highest BCUT2D eigenvalue weighted by Gasteiger charge is 1.90. The SMILES string of the molecule is Nc1cnccc1C#CCS. The Kier molecular flexibility index (Phi) is 2.82. The molecule has 0 amide bonds. The van der Waals surface area contributed by atoms with Gasteiger partial charge in [-0.05, 0) is 6.07 Å². The average Bonchev–Trinajstić information content (AvgIpc) is 2.03. The van der Waals surface area contributed by atoms with E-state index in [9.17, 15) is 0 Å². The second kappa shape index (κ2) is 3.89. The first-order chi connectivity index (χ1) is 5.34. The van der Waals surface area contributed by atoms with Gasteiger partial charge in [-0.2, -0.15) is 12.6 Å². The highest BCUT2D eigenvalue weighted by molar-refractivity contribution is 7.80. The molecule has 1 heterocycles. The summed E-state index contributed by atoms with van der Waals surface area (Å²) in [5.41, 5.74) is 7.00. The van der Waals surface area contributed by atoms with Crippen LogP contribution in [0.15, 0.2) is 18.5 Å². The lowest BCUT2D eigenvalue weighted by Gasteiger charge is -1.93. The van der Waals surface area contributed by atoms with E-state index in [0.717, 1.165) is 5.56 Å². The van der Waals surface area contributed by atoms with Crippen molar-refractivity contribution in [3.8, 4) is 11.8 Å². The Balaban J connectivity index is 2.95. The van der Waals surface area contributed by atoms with Crippen molar-refractivity contribution in [3.05, 3.63) is 24.0 Å². The fraction of sp³-hybridized carbons (Fsp3) is 0.125. The van der Waals surface area contributed by atoms with Crippen molar-refractivity contribution in [2.45, 2.75) is 0 Å². The Hall–Kier alpha value is -1.14. The van der Waals surface area contributed by atoms with E-state index in [0.29, 0.717) is 11.4 Å². The van der Waals surface area contributed by atoms with Gasteiger partial charge in [-0.3, -0.25) is 4.98 Å². The number of hydrogen-bond acceptors (Lipinski definition) is 3. The van der Waals surface area contributed by atoms with E-state index in [1.54, 1.807) is 18.5 Å². The average molecular weight is 164 g/mol. The third kappa shape index (κ3) is 2.17. The van der Waals surface area contributed by atoms with E-state index in [1.165, 1.54) is 0 Å². The summed E-state index contributed by atoms with van der Waals surface area (Å²) >= 11 is 3.96. The molecule has 0 saturated heterocycles. The Morgan fingerprint density at radius 2 is 2.45 bits per heavy atom. The van der Waals surface area contributed by atoms with Gasteiger partial charge >= 0.3 is 0 Å². The zero-order valence-electron chi connectivity index (χ0n) is 5.91. The number of anilines is 1. The summed E-state index contributed by atoms with van der Waals surface area (Å²) in [7, 11) is 0. The summed E-state index contributed by atoms with van der Waals surface area (Å²) in [5, 5.41) is 0. The molecule has 0 aliphatic carbocycles. The van der Waals surface area contributed by atoms with Gasteiger partial charge in [0.25, 0.3) is 0 Å². The second-order valence-electron chi connectivity index (χ2n) is 1.92. The van der Waals surface area contributed by atoms with Gasteiger partial charge in [0.05, 0.1) is 23.2 Å². The maximum Gasteiger partial charge on any atom is 0.0659 e. The number of rotatable bonds is 0. The predicted molar refractivity (Wildman–Crippen MR) is 49.4 cm³/mol. The number of pyridine rings is 1. The van der Waals surface area contributed by atoms with Gasteiger partial charge < -0.3 is 5.73 Å². The minimum atomic E-state index is 0.543. The molecule has 0 unspecified atom stereocenters. The predicted octanol–water partition coefficient (Wildman–Crippen LogP) is 0.945. The van der Waals surface area contributed by atoms with Crippen molar-refractivity contribution in [2.24, 2.45) is 0 Å². The van der Waals surface area contributed by atoms with Crippen LogP contribution in [0.25, 0.3) is 0 Å². The molecule has 0 radical (unpaired) electrons. The largest absolute Gasteiger partial charge is 0.396 e. The van der Waals surface area contributed by atoms with Crippen molar-refractivity contribution in [1.82, 2.24) is 4.98 Å². The fourth-order valence-corrected chi connectivity index (χ4v) is 0.734. The molecule has 1 aromatic heterocycles. The molecule has 0 aliphatic rings. The summed E-state index contributed by atoms with van der Waals surface area (Å²) in [6.45, 7) is 0. The Labute approximate surface area is 71.2 Å². The number of aromatic nitrogens is 1. The molecule has 0 atom stereocenters. The van der Waals surface area contributed by atoms with Crippen molar-refractivity contribution >= 4 is 18.3 Å². The van der Waals surface area contributed by atoms with Crippen molar-refractivity contribution in [1.29, 1.82) is 0 Å². The van der Waals surface area contributed by atoms with Gasteiger partial charge in [-0.15, -0.1) is 0 Å². The lowest BCUT2D eigenvalue weighted by Crippen LogP contribution is -1.90. The Bertz CT molecular complexity index is 298. The van der Waals surface area contributed by atoms with E-state index in [2.05, 4.69) is 29.5 Å². The molecule has 0 bridgehead atoms. The lowest BCUT2D eigenvalue weighted by molar-refractivity contribution is 1.32. The van der Waals surface area contributed by atoms with Crippen LogP contribution in [0.4, 0.5) is 5.69 Å². The minimum absolute atomic E-state index is 0.543. The zero-order chi connectivity index (χ0) is 8.10. The zero-order valence-corrected chi connectivity index (χ0v) is 6.81. The Morgan fingerprint density at radius 1 is 1.64 bits per heavy atom. The molecule has 56 valence electrons. The van der Waals surface area contributed by atoms with Crippen LogP contribution in [0.2, 0.25) is 0 Å². The maximum absolute atomic E-state index is 5.57. The highest BCUT2D eigenvalue weighted by Crippen LogP contribution is 2.05. The molecule has 2 nitrogen and oxygen atoms in total. The monoisotopic (exact) mass is 164 g/mol. The molecule has 0 spiro atoms. The summed E-state index contributed by atoms with van der Waals surface area (Å²) in [6, 6.07) is 1.78. The first-order valence-electron chi connectivity index (χ1n) is 3.14. The van der Waals surface area contributed by atoms with E-state index in [1.807, 2.05) is 0 Å². The highest BCUT2D eigenvalue weighted by atomic mass is 32.1. The normalized spacial score (nSPS) is 8.45. The van der Waals surface area contributed by atoms with Crippen molar-refractivity contribution < 1.29 is 0 Å². The van der Waals surface area contributed by atoms with E-state index in [-0.39, 0.29) is 0 Å². The molecule has 0 aromatic carbocycles. The summed E-state index contributed by atoms with van der Waals surface area (Å²) in [5.74, 6) is 6.23. The number of nitrogens with two attached hydrogens (primary N) is 1. The summed E-state index contributed by atoms with van der Waals surface area (Å²) in [4.78, 5) is 3.84. The van der Waals surface area contributed by atoms with E-state index < -0.39 is 0 Å². The number of hydrogen-bond donors (Lipinski definition) is 2. The molecule has 0 saturated carbocycles. The van der Waals surface area contributed by atoms with Gasteiger partial charge in [0.2, 0.25) is 0 Å². The van der Waals surface area contributed by atoms with E-state index in [4.69, 9.17) is 5.73 Å². The molecule has 0 aliphatic heterocycles. The maximum atomic E-state index is 5.57. The third-order valence-corrected chi connectivity index (χ3v) is 1.31. The van der Waals surface area contributed by atoms with Crippen LogP contribution in [0, 0.1) is 11.8 Å². The van der Waals surface area contributed by atoms with Crippen LogP contribution in [0.5, 0.6) is 0 Å². The van der Waals surface area contributed by atoms with E-state index >= 15 is 0 Å². The first kappa shape index (κ1) is 7.96. The molecule has 3 heteroatoms. The van der Waals surface area contributed by atoms with Gasteiger partial charge in [0.15, 0.2) is 0 Å². The molecular formula is C8H8N2S. The molecular weight excluding hydrogens is 156 g/mol. The van der Waals surface area contributed by atoms with Gasteiger partial charge in [-0.25, -0.2) is 0 Å². The molecule has 11 heavy (non-hydrogen) atoms. The second-order valence-corrected chi connectivity index (χ2v) is 2.24. The lowest BCUT2D eigenvalue weighted by atomic mass is 10.2. The van der Waals surface area contributed by atoms with Crippen LogP contribution in [0.1, 0.15) is 5.56 Å². The van der Waals surface area contributed by atoms with Crippen LogP contribution >= 0.6 is 12.6 Å². The smallest absolute Gasteiger partial charge is 0.0659 e. The van der Waals surface area contributed by atoms with Crippen LogP contribution in [0.3, 0.4) is 0 Å². The van der Waals surface area contributed by atoms with Gasteiger partial charge in [0.1, 0.15) is 0 Å². The summed E-state index contributed by atoms with van der Waals surface area (Å²) in [6.07, 6.45) is 3.25. The van der Waals surface area contributed by atoms with Crippen LogP contribution < -0.4 is 5.73 Å². The number of nitrogens with zero attached hydrogens (tertiary/aromatic N) is 1. The van der Waals surface area contributed by atoms with Crippen LogP contribution in [-0.4, -0.2) is 10.7 Å². The van der Waals surface area contributed by atoms with Crippen LogP contribution in [-0.2, 0) is 0 Å². The standard InChI is InChI=1S/C8H8N2S/c9-8-6-10-4-3-7(8)2-1-5-11/h3-4,6,11H,5,9H2. The molecule has 1 aromatic rings. The van der Waals surface area contributed by atoms with Gasteiger partial charge in [-0.1, -0.05) is 11.8 Å². The third-order valence-electron chi connectivity index (χ3n) is 1.15. The quantitative estimate of drug-likeness (QED) is 0.442. The van der Waals surface area contributed by atoms with Gasteiger partial charge in [0, 0.05) is 6.20 Å². The summed E-state index contributed by atoms with van der Waals surface area (Å²) < 4.78 is 0. The topological polar surface area (TPSA) is 38.9 Å².